The molecule has 126 valence electrons. The zero-order valence-electron chi connectivity index (χ0n) is 13.9. The van der Waals surface area contributed by atoms with E-state index in [4.69, 9.17) is 0 Å². The van der Waals surface area contributed by atoms with E-state index in [0.717, 1.165) is 38.8 Å². The van der Waals surface area contributed by atoms with Crippen LogP contribution in [0.5, 0.6) is 0 Å². The van der Waals surface area contributed by atoms with Gasteiger partial charge in [0.05, 0.1) is 0 Å². The molecule has 2 rings (SSSR count). The highest BCUT2D eigenvalue weighted by Crippen LogP contribution is 2.09. The predicted octanol–water partition coefficient (Wildman–Crippen LogP) is 2.32. The lowest BCUT2D eigenvalue weighted by Gasteiger charge is -2.17. The lowest BCUT2D eigenvalue weighted by Crippen LogP contribution is -2.42. The number of benzene rings is 1. The minimum Gasteiger partial charge on any atom is -0.343 e. The molecule has 0 radical (unpaired) electrons. The third-order valence-corrected chi connectivity index (χ3v) is 4.15. The van der Waals surface area contributed by atoms with Crippen LogP contribution >= 0.6 is 0 Å². The van der Waals surface area contributed by atoms with Crippen molar-refractivity contribution in [2.45, 2.75) is 45.1 Å². The van der Waals surface area contributed by atoms with Crippen molar-refractivity contribution in [3.05, 3.63) is 35.9 Å². The van der Waals surface area contributed by atoms with Gasteiger partial charge in [0.1, 0.15) is 0 Å². The highest BCUT2D eigenvalue weighted by Gasteiger charge is 2.19. The van der Waals surface area contributed by atoms with Crippen LogP contribution in [0, 0.1) is 0 Å². The molecule has 1 heterocycles. The smallest absolute Gasteiger partial charge is 0.314 e. The highest BCUT2D eigenvalue weighted by molar-refractivity contribution is 5.78. The Morgan fingerprint density at radius 3 is 2.78 bits per heavy atom. The molecule has 0 saturated carbocycles. The summed E-state index contributed by atoms with van der Waals surface area (Å²) in [6.07, 6.45) is 4.31. The van der Waals surface area contributed by atoms with Crippen molar-refractivity contribution in [3.63, 3.8) is 0 Å². The van der Waals surface area contributed by atoms with Crippen molar-refractivity contribution in [2.24, 2.45) is 0 Å². The fourth-order valence-electron chi connectivity index (χ4n) is 2.79. The van der Waals surface area contributed by atoms with E-state index in [-0.39, 0.29) is 18.0 Å². The van der Waals surface area contributed by atoms with E-state index in [1.807, 2.05) is 30.0 Å². The van der Waals surface area contributed by atoms with Gasteiger partial charge in [0, 0.05) is 32.1 Å². The number of amides is 3. The SMILES string of the molecule is CC(CCc1ccccc1)NC(=O)NCCCN1CCCC1=O. The summed E-state index contributed by atoms with van der Waals surface area (Å²) in [4.78, 5) is 25.2. The Balaban J connectivity index is 1.54. The molecular formula is C18H27N3O2. The van der Waals surface area contributed by atoms with Crippen molar-refractivity contribution >= 4 is 11.9 Å². The van der Waals surface area contributed by atoms with Gasteiger partial charge >= 0.3 is 6.03 Å². The van der Waals surface area contributed by atoms with Crippen LogP contribution in [0.1, 0.15) is 38.2 Å². The molecule has 1 aromatic rings. The molecule has 1 aliphatic heterocycles. The molecule has 3 amide bonds. The second-order valence-corrected chi connectivity index (χ2v) is 6.16. The first-order chi connectivity index (χ1) is 11.1. The standard InChI is InChI=1S/C18H27N3O2/c1-15(10-11-16-7-3-2-4-8-16)20-18(23)19-12-6-14-21-13-5-9-17(21)22/h2-4,7-8,15H,5-6,9-14H2,1H3,(H2,19,20,23). The third-order valence-electron chi connectivity index (χ3n) is 4.15. The van der Waals surface area contributed by atoms with Gasteiger partial charge < -0.3 is 15.5 Å². The lowest BCUT2D eigenvalue weighted by atomic mass is 10.1. The summed E-state index contributed by atoms with van der Waals surface area (Å²) in [6.45, 7) is 4.22. The maximum absolute atomic E-state index is 11.8. The van der Waals surface area contributed by atoms with Crippen molar-refractivity contribution in [3.8, 4) is 0 Å². The number of urea groups is 1. The largest absolute Gasteiger partial charge is 0.343 e. The molecular weight excluding hydrogens is 290 g/mol. The van der Waals surface area contributed by atoms with Gasteiger partial charge in [-0.3, -0.25) is 4.79 Å². The van der Waals surface area contributed by atoms with Gasteiger partial charge in [-0.1, -0.05) is 30.3 Å². The first-order valence-corrected chi connectivity index (χ1v) is 8.51. The van der Waals surface area contributed by atoms with Crippen molar-refractivity contribution in [2.75, 3.05) is 19.6 Å². The van der Waals surface area contributed by atoms with Gasteiger partial charge in [-0.2, -0.15) is 0 Å². The Bertz CT molecular complexity index is 504. The van der Waals surface area contributed by atoms with Gasteiger partial charge in [-0.05, 0) is 38.2 Å². The van der Waals surface area contributed by atoms with Crippen molar-refractivity contribution in [1.29, 1.82) is 0 Å². The molecule has 2 N–H and O–H groups in total. The van der Waals surface area contributed by atoms with Crippen molar-refractivity contribution in [1.82, 2.24) is 15.5 Å². The Kier molecular flexibility index (Phi) is 6.91. The van der Waals surface area contributed by atoms with E-state index in [2.05, 4.69) is 22.8 Å². The number of likely N-dealkylation sites (tertiary alicyclic amines) is 1. The van der Waals surface area contributed by atoms with E-state index in [0.29, 0.717) is 13.0 Å². The summed E-state index contributed by atoms with van der Waals surface area (Å²) in [5.41, 5.74) is 1.29. The maximum atomic E-state index is 11.8. The molecule has 1 fully saturated rings. The maximum Gasteiger partial charge on any atom is 0.314 e. The molecule has 1 aromatic carbocycles. The van der Waals surface area contributed by atoms with E-state index in [9.17, 15) is 9.59 Å². The summed E-state index contributed by atoms with van der Waals surface area (Å²) in [6, 6.07) is 10.3. The molecule has 0 spiro atoms. The Morgan fingerprint density at radius 2 is 2.09 bits per heavy atom. The fraction of sp³-hybridized carbons (Fsp3) is 0.556. The molecule has 0 bridgehead atoms. The minimum atomic E-state index is -0.127. The zero-order chi connectivity index (χ0) is 16.5. The third kappa shape index (κ3) is 6.30. The highest BCUT2D eigenvalue weighted by atomic mass is 16.2. The minimum absolute atomic E-state index is 0.127. The van der Waals surface area contributed by atoms with E-state index in [1.165, 1.54) is 5.56 Å². The topological polar surface area (TPSA) is 61.4 Å². The number of nitrogens with zero attached hydrogens (tertiary/aromatic N) is 1. The molecule has 5 heteroatoms. The monoisotopic (exact) mass is 317 g/mol. The summed E-state index contributed by atoms with van der Waals surface area (Å²) in [5.74, 6) is 0.240. The molecule has 5 nitrogen and oxygen atoms in total. The Hall–Kier alpha value is -2.04. The Morgan fingerprint density at radius 1 is 1.30 bits per heavy atom. The normalized spacial score (nSPS) is 15.5. The van der Waals surface area contributed by atoms with Gasteiger partial charge in [0.25, 0.3) is 0 Å². The van der Waals surface area contributed by atoms with Crippen LogP contribution in [0.15, 0.2) is 30.3 Å². The second kappa shape index (κ2) is 9.18. The number of hydrogen-bond donors (Lipinski definition) is 2. The fourth-order valence-corrected chi connectivity index (χ4v) is 2.79. The van der Waals surface area contributed by atoms with E-state index < -0.39 is 0 Å². The average molecular weight is 317 g/mol. The first-order valence-electron chi connectivity index (χ1n) is 8.51. The molecule has 1 atom stereocenters. The number of aryl methyl sites for hydroxylation is 1. The number of hydrogen-bond acceptors (Lipinski definition) is 2. The first kappa shape index (κ1) is 17.3. The number of carbonyl (C=O) groups excluding carboxylic acids is 2. The van der Waals surface area contributed by atoms with Crippen LogP contribution < -0.4 is 10.6 Å². The van der Waals surface area contributed by atoms with Crippen LogP contribution in [-0.4, -0.2) is 42.5 Å². The molecule has 23 heavy (non-hydrogen) atoms. The molecule has 1 saturated heterocycles. The van der Waals surface area contributed by atoms with Crippen LogP contribution in [0.25, 0.3) is 0 Å². The summed E-state index contributed by atoms with van der Waals surface area (Å²) in [7, 11) is 0. The summed E-state index contributed by atoms with van der Waals surface area (Å²) in [5, 5.41) is 5.82. The second-order valence-electron chi connectivity index (χ2n) is 6.16. The van der Waals surface area contributed by atoms with Crippen LogP contribution in [0.2, 0.25) is 0 Å². The van der Waals surface area contributed by atoms with Crippen LogP contribution in [-0.2, 0) is 11.2 Å². The van der Waals surface area contributed by atoms with Gasteiger partial charge in [0.2, 0.25) is 5.91 Å². The number of carbonyl (C=O) groups is 2. The molecule has 0 aliphatic carbocycles. The zero-order valence-corrected chi connectivity index (χ0v) is 13.9. The predicted molar refractivity (Wildman–Crippen MR) is 91.2 cm³/mol. The van der Waals surface area contributed by atoms with Gasteiger partial charge in [-0.15, -0.1) is 0 Å². The summed E-state index contributed by atoms with van der Waals surface area (Å²) < 4.78 is 0. The molecule has 0 aromatic heterocycles. The molecule has 1 aliphatic rings. The molecule has 1 unspecified atom stereocenters. The van der Waals surface area contributed by atoms with Crippen LogP contribution in [0.3, 0.4) is 0 Å². The quantitative estimate of drug-likeness (QED) is 0.723. The average Bonchev–Trinajstić information content (AvgIpc) is 2.96. The van der Waals surface area contributed by atoms with Crippen molar-refractivity contribution < 1.29 is 9.59 Å². The number of nitrogens with one attached hydrogen (secondary N) is 2. The lowest BCUT2D eigenvalue weighted by molar-refractivity contribution is -0.127. The summed E-state index contributed by atoms with van der Waals surface area (Å²) >= 11 is 0. The van der Waals surface area contributed by atoms with Crippen LogP contribution in [0.4, 0.5) is 4.79 Å². The van der Waals surface area contributed by atoms with E-state index >= 15 is 0 Å². The van der Waals surface area contributed by atoms with Gasteiger partial charge in [-0.25, -0.2) is 4.79 Å². The van der Waals surface area contributed by atoms with E-state index in [1.54, 1.807) is 0 Å². The Labute approximate surface area is 138 Å². The number of rotatable bonds is 8. The van der Waals surface area contributed by atoms with Gasteiger partial charge in [0.15, 0.2) is 0 Å².